The molecule has 0 aliphatic rings. The highest BCUT2D eigenvalue weighted by molar-refractivity contribution is 6.33. The number of nitrogen functional groups attached to an aromatic ring is 1. The molecule has 0 bridgehead atoms. The van der Waals surface area contributed by atoms with Crippen molar-refractivity contribution in [1.29, 1.82) is 0 Å². The second-order valence-electron chi connectivity index (χ2n) is 5.42. The molecule has 0 spiro atoms. The summed E-state index contributed by atoms with van der Waals surface area (Å²) in [6, 6.07) is 1.51. The molecule has 2 N–H and O–H groups in total. The Morgan fingerprint density at radius 2 is 1.86 bits per heavy atom. The number of halogens is 5. The number of hydrogen-bond acceptors (Lipinski definition) is 6. The predicted octanol–water partition coefficient (Wildman–Crippen LogP) is 1.54. The van der Waals surface area contributed by atoms with E-state index in [4.69, 9.17) is 29.0 Å². The largest absolute Gasteiger partial charge is 0.454 e. The minimum absolute atomic E-state index is 0.0968. The summed E-state index contributed by atoms with van der Waals surface area (Å²) in [5.41, 5.74) is -5.58. The predicted molar refractivity (Wildman–Crippen MR) is 92.1 cm³/mol. The number of nitrogens with zero attached hydrogens (tertiary/aromatic N) is 2. The minimum Gasteiger partial charge on any atom is -0.454 e. The van der Waals surface area contributed by atoms with Crippen molar-refractivity contribution in [3.63, 3.8) is 0 Å². The van der Waals surface area contributed by atoms with E-state index in [-0.39, 0.29) is 15.3 Å². The van der Waals surface area contributed by atoms with E-state index in [1.54, 1.807) is 0 Å². The molecule has 0 amide bonds. The fourth-order valence-corrected chi connectivity index (χ4v) is 2.48. The third-order valence-corrected chi connectivity index (χ3v) is 3.84. The number of ether oxygens (including phenoxy) is 1. The summed E-state index contributed by atoms with van der Waals surface area (Å²) >= 11 is 10.5. The van der Waals surface area contributed by atoms with Gasteiger partial charge in [0.15, 0.2) is 5.78 Å². The molecule has 0 saturated carbocycles. The number of alkyl halides is 3. The van der Waals surface area contributed by atoms with Gasteiger partial charge in [0.1, 0.15) is 18.1 Å². The Morgan fingerprint density at radius 3 is 2.39 bits per heavy atom. The van der Waals surface area contributed by atoms with E-state index in [0.717, 1.165) is 6.92 Å². The minimum atomic E-state index is -4.15. The normalized spacial score (nSPS) is 11.4. The number of ketones is 1. The van der Waals surface area contributed by atoms with Gasteiger partial charge in [0.05, 0.1) is 16.3 Å². The standard InChI is InChI=1S/C15H10Cl2F3N3O5/c1-6(24)5-28-13(26)7-2-10(9(18)3-8(7)16)22-12(25)4-11(15(17,19)20)23(21)14(22)27/h2-4H,5,21H2,1H3. The molecule has 0 saturated heterocycles. The number of esters is 1. The average Bonchev–Trinajstić information content (AvgIpc) is 2.56. The fraction of sp³-hybridized carbons (Fsp3) is 0.200. The topological polar surface area (TPSA) is 113 Å². The van der Waals surface area contributed by atoms with Crippen LogP contribution in [-0.2, 0) is 14.9 Å². The van der Waals surface area contributed by atoms with Gasteiger partial charge in [-0.05, 0) is 30.7 Å². The molecule has 2 rings (SSSR count). The van der Waals surface area contributed by atoms with Gasteiger partial charge >= 0.3 is 17.0 Å². The van der Waals surface area contributed by atoms with Crippen molar-refractivity contribution in [2.24, 2.45) is 0 Å². The molecule has 8 nitrogen and oxygen atoms in total. The van der Waals surface area contributed by atoms with E-state index >= 15 is 0 Å². The van der Waals surface area contributed by atoms with Crippen molar-refractivity contribution < 1.29 is 27.5 Å². The molecule has 2 aromatic rings. The second kappa shape index (κ2) is 7.68. The number of nitrogens with two attached hydrogens (primary N) is 1. The van der Waals surface area contributed by atoms with Gasteiger partial charge in [-0.15, -0.1) is 0 Å². The quantitative estimate of drug-likeness (QED) is 0.429. The summed E-state index contributed by atoms with van der Waals surface area (Å²) in [5.74, 6) is 2.36. The number of carbonyl (C=O) groups is 2. The van der Waals surface area contributed by atoms with Crippen molar-refractivity contribution in [3.05, 3.63) is 61.1 Å². The number of rotatable bonds is 5. The maximum Gasteiger partial charge on any atom is 0.365 e. The molecule has 1 aromatic heterocycles. The van der Waals surface area contributed by atoms with Crippen molar-refractivity contribution in [3.8, 4) is 5.69 Å². The molecule has 150 valence electrons. The first-order valence-electron chi connectivity index (χ1n) is 7.22. The molecular formula is C15H10Cl2F3N3O5. The van der Waals surface area contributed by atoms with E-state index in [1.165, 1.54) is 0 Å². The van der Waals surface area contributed by atoms with E-state index in [0.29, 0.717) is 12.1 Å². The maximum atomic E-state index is 14.3. The number of aromatic nitrogens is 2. The zero-order chi connectivity index (χ0) is 21.4. The highest BCUT2D eigenvalue weighted by Gasteiger charge is 2.33. The summed E-state index contributed by atoms with van der Waals surface area (Å²) in [6.07, 6.45) is 0. The number of carbonyl (C=O) groups excluding carboxylic acids is 2. The third kappa shape index (κ3) is 4.20. The summed E-state index contributed by atoms with van der Waals surface area (Å²) < 4.78 is 45.4. The highest BCUT2D eigenvalue weighted by Crippen LogP contribution is 2.30. The molecule has 13 heteroatoms. The van der Waals surface area contributed by atoms with Crippen molar-refractivity contribution in [2.45, 2.75) is 12.3 Å². The van der Waals surface area contributed by atoms with Crippen LogP contribution in [-0.4, -0.2) is 27.6 Å². The van der Waals surface area contributed by atoms with Crippen LogP contribution >= 0.6 is 23.2 Å². The smallest absolute Gasteiger partial charge is 0.365 e. The van der Waals surface area contributed by atoms with Gasteiger partial charge < -0.3 is 10.6 Å². The van der Waals surface area contributed by atoms with Gasteiger partial charge in [0.2, 0.25) is 0 Å². The van der Waals surface area contributed by atoms with E-state index in [2.05, 4.69) is 4.74 Å². The Kier molecular flexibility index (Phi) is 5.90. The summed E-state index contributed by atoms with van der Waals surface area (Å²) in [4.78, 5) is 47.3. The number of benzene rings is 1. The summed E-state index contributed by atoms with van der Waals surface area (Å²) in [7, 11) is 0. The Hall–Kier alpha value is -2.79. The van der Waals surface area contributed by atoms with Crippen LogP contribution < -0.4 is 17.1 Å². The SMILES string of the molecule is CC(=O)COC(=O)c1cc(-n2c(=O)cc(C(F)(F)Cl)n(N)c2=O)c(F)cc1Cl. The van der Waals surface area contributed by atoms with Crippen LogP contribution in [0.1, 0.15) is 23.0 Å². The van der Waals surface area contributed by atoms with Gasteiger partial charge in [0.25, 0.3) is 5.56 Å². The molecular weight excluding hydrogens is 430 g/mol. The van der Waals surface area contributed by atoms with Crippen LogP contribution in [0.4, 0.5) is 13.2 Å². The molecule has 0 radical (unpaired) electrons. The maximum absolute atomic E-state index is 14.3. The van der Waals surface area contributed by atoms with E-state index < -0.39 is 62.8 Å². The monoisotopic (exact) mass is 439 g/mol. The highest BCUT2D eigenvalue weighted by atomic mass is 35.5. The first-order chi connectivity index (χ1) is 12.8. The summed E-state index contributed by atoms with van der Waals surface area (Å²) in [6.45, 7) is 0.541. The van der Waals surface area contributed by atoms with Gasteiger partial charge in [-0.25, -0.2) is 23.2 Å². The van der Waals surface area contributed by atoms with Crippen molar-refractivity contribution in [2.75, 3.05) is 12.4 Å². The average molecular weight is 440 g/mol. The Bertz CT molecular complexity index is 1090. The van der Waals surface area contributed by atoms with Crippen molar-refractivity contribution in [1.82, 2.24) is 9.24 Å². The van der Waals surface area contributed by atoms with Gasteiger partial charge in [-0.1, -0.05) is 11.6 Å². The lowest BCUT2D eigenvalue weighted by Gasteiger charge is -2.15. The zero-order valence-electron chi connectivity index (χ0n) is 13.8. The lowest BCUT2D eigenvalue weighted by Crippen LogP contribution is -2.45. The van der Waals surface area contributed by atoms with Crippen molar-refractivity contribution >= 4 is 35.0 Å². The molecule has 28 heavy (non-hydrogen) atoms. The van der Waals surface area contributed by atoms with Gasteiger partial charge in [0, 0.05) is 6.07 Å². The van der Waals surface area contributed by atoms with E-state index in [1.807, 2.05) is 0 Å². The molecule has 0 unspecified atom stereocenters. The Balaban J connectivity index is 2.70. The van der Waals surface area contributed by atoms with Crippen LogP contribution in [0.2, 0.25) is 5.02 Å². The molecule has 1 aromatic carbocycles. The second-order valence-corrected chi connectivity index (χ2v) is 6.30. The Labute approximate surface area is 163 Å². The van der Waals surface area contributed by atoms with E-state index in [9.17, 15) is 32.3 Å². The number of Topliss-reactive ketones (excluding diaryl/α,β-unsaturated/α-hetero) is 1. The van der Waals surface area contributed by atoms with Crippen LogP contribution in [0.5, 0.6) is 0 Å². The van der Waals surface area contributed by atoms with Gasteiger partial charge in [-0.3, -0.25) is 9.59 Å². The molecule has 0 atom stereocenters. The zero-order valence-corrected chi connectivity index (χ0v) is 15.4. The van der Waals surface area contributed by atoms with Crippen LogP contribution in [0.3, 0.4) is 0 Å². The van der Waals surface area contributed by atoms with Crippen LogP contribution in [0.15, 0.2) is 27.8 Å². The molecule has 1 heterocycles. The lowest BCUT2D eigenvalue weighted by molar-refractivity contribution is -0.120. The lowest BCUT2D eigenvalue weighted by atomic mass is 10.2. The summed E-state index contributed by atoms with van der Waals surface area (Å²) in [5, 5.41) is -4.59. The molecule has 0 aliphatic heterocycles. The first kappa shape index (κ1) is 21.5. The first-order valence-corrected chi connectivity index (χ1v) is 7.97. The molecule has 0 fully saturated rings. The third-order valence-electron chi connectivity index (χ3n) is 3.33. The Morgan fingerprint density at radius 1 is 1.25 bits per heavy atom. The molecule has 0 aliphatic carbocycles. The number of hydrogen-bond donors (Lipinski definition) is 1. The van der Waals surface area contributed by atoms with Crippen LogP contribution in [0, 0.1) is 5.82 Å². The van der Waals surface area contributed by atoms with Crippen LogP contribution in [0.25, 0.3) is 5.69 Å². The fourth-order valence-electron chi connectivity index (χ4n) is 2.11. The van der Waals surface area contributed by atoms with Gasteiger partial charge in [-0.2, -0.15) is 8.78 Å².